The maximum absolute atomic E-state index is 10.8. The molecule has 1 fully saturated rings. The summed E-state index contributed by atoms with van der Waals surface area (Å²) in [6.07, 6.45) is 2.67. The average Bonchev–Trinajstić information content (AvgIpc) is 2.91. The molecule has 1 atom stereocenters. The number of carboxylic acid groups (broad SMARTS) is 1. The fourth-order valence-electron chi connectivity index (χ4n) is 2.39. The number of carbonyl (C=O) groups is 1. The Bertz CT molecular complexity index is 410. The van der Waals surface area contributed by atoms with Crippen LogP contribution in [-0.2, 0) is 11.3 Å². The topological polar surface area (TPSA) is 49.8 Å². The van der Waals surface area contributed by atoms with E-state index in [0.717, 1.165) is 44.6 Å². The number of aromatic carboxylic acids is 1. The minimum atomic E-state index is -0.877. The number of hydrogen-bond acceptors (Lipinski definition) is 3. The lowest BCUT2D eigenvalue weighted by atomic mass is 10.1. The molecule has 1 unspecified atom stereocenters. The number of rotatable bonds is 6. The number of carboxylic acids is 1. The highest BCUT2D eigenvalue weighted by Crippen LogP contribution is 2.15. The number of hydrogen-bond donors (Lipinski definition) is 1. The monoisotopic (exact) mass is 263 g/mol. The van der Waals surface area contributed by atoms with Crippen LogP contribution in [0.3, 0.4) is 0 Å². The number of ether oxygens (including phenoxy) is 1. The van der Waals surface area contributed by atoms with Crippen molar-refractivity contribution >= 4 is 5.97 Å². The van der Waals surface area contributed by atoms with Gasteiger partial charge < -0.3 is 9.84 Å². The SMILES string of the molecule is CCN(Cc1ccc(C(=O)O)cc1)CC1CCCO1. The van der Waals surface area contributed by atoms with Crippen LogP contribution in [0.1, 0.15) is 35.7 Å². The van der Waals surface area contributed by atoms with Gasteiger partial charge in [0.25, 0.3) is 0 Å². The summed E-state index contributed by atoms with van der Waals surface area (Å²) in [5, 5.41) is 8.87. The zero-order chi connectivity index (χ0) is 13.7. The van der Waals surface area contributed by atoms with E-state index in [0.29, 0.717) is 11.7 Å². The molecule has 0 radical (unpaired) electrons. The second kappa shape index (κ2) is 6.68. The van der Waals surface area contributed by atoms with Gasteiger partial charge in [-0.05, 0) is 37.1 Å². The van der Waals surface area contributed by atoms with Crippen LogP contribution < -0.4 is 0 Å². The number of likely N-dealkylation sites (N-methyl/N-ethyl adjacent to an activating group) is 1. The maximum Gasteiger partial charge on any atom is 0.335 e. The Morgan fingerprint density at radius 3 is 2.68 bits per heavy atom. The molecule has 0 aromatic heterocycles. The molecule has 1 aliphatic rings. The fraction of sp³-hybridized carbons (Fsp3) is 0.533. The summed E-state index contributed by atoms with van der Waals surface area (Å²) in [7, 11) is 0. The summed E-state index contributed by atoms with van der Waals surface area (Å²) >= 11 is 0. The van der Waals surface area contributed by atoms with Gasteiger partial charge in [0, 0.05) is 19.7 Å². The van der Waals surface area contributed by atoms with Crippen molar-refractivity contribution in [2.45, 2.75) is 32.4 Å². The van der Waals surface area contributed by atoms with Gasteiger partial charge in [-0.15, -0.1) is 0 Å². The molecule has 0 saturated carbocycles. The second-order valence-corrected chi connectivity index (χ2v) is 4.96. The Kier molecular flexibility index (Phi) is 4.93. The van der Waals surface area contributed by atoms with Gasteiger partial charge in [0.2, 0.25) is 0 Å². The van der Waals surface area contributed by atoms with Crippen LogP contribution in [0.25, 0.3) is 0 Å². The van der Waals surface area contributed by atoms with Crippen molar-refractivity contribution in [3.8, 4) is 0 Å². The lowest BCUT2D eigenvalue weighted by molar-refractivity contribution is 0.0697. The Labute approximate surface area is 114 Å². The molecular weight excluding hydrogens is 242 g/mol. The van der Waals surface area contributed by atoms with Gasteiger partial charge in [0.15, 0.2) is 0 Å². The van der Waals surface area contributed by atoms with Crippen LogP contribution in [0.4, 0.5) is 0 Å². The molecule has 1 saturated heterocycles. The molecule has 104 valence electrons. The predicted octanol–water partition coefficient (Wildman–Crippen LogP) is 2.39. The van der Waals surface area contributed by atoms with E-state index < -0.39 is 5.97 Å². The van der Waals surface area contributed by atoms with E-state index in [-0.39, 0.29) is 0 Å². The first-order chi connectivity index (χ1) is 9.19. The third kappa shape index (κ3) is 4.04. The fourth-order valence-corrected chi connectivity index (χ4v) is 2.39. The third-order valence-electron chi connectivity index (χ3n) is 3.54. The highest BCUT2D eigenvalue weighted by atomic mass is 16.5. The van der Waals surface area contributed by atoms with Gasteiger partial charge >= 0.3 is 5.97 Å². The molecule has 4 heteroatoms. The molecule has 0 spiro atoms. The van der Waals surface area contributed by atoms with Crippen molar-refractivity contribution in [2.75, 3.05) is 19.7 Å². The summed E-state index contributed by atoms with van der Waals surface area (Å²) in [6.45, 7) is 5.80. The first kappa shape index (κ1) is 14.0. The van der Waals surface area contributed by atoms with Gasteiger partial charge in [-0.1, -0.05) is 19.1 Å². The zero-order valence-corrected chi connectivity index (χ0v) is 11.3. The molecule has 0 bridgehead atoms. The lowest BCUT2D eigenvalue weighted by Gasteiger charge is -2.23. The van der Waals surface area contributed by atoms with Crippen LogP contribution in [-0.4, -0.2) is 41.8 Å². The Hall–Kier alpha value is -1.39. The molecular formula is C15H21NO3. The van der Waals surface area contributed by atoms with Gasteiger partial charge in [-0.25, -0.2) is 4.79 Å². The minimum absolute atomic E-state index is 0.339. The average molecular weight is 263 g/mol. The normalized spacial score (nSPS) is 18.9. The Morgan fingerprint density at radius 1 is 1.42 bits per heavy atom. The highest BCUT2D eigenvalue weighted by Gasteiger charge is 2.18. The van der Waals surface area contributed by atoms with Gasteiger partial charge in [0.05, 0.1) is 11.7 Å². The largest absolute Gasteiger partial charge is 0.478 e. The number of benzene rings is 1. The molecule has 1 N–H and O–H groups in total. The van der Waals surface area contributed by atoms with Crippen molar-refractivity contribution in [1.82, 2.24) is 4.90 Å². The molecule has 0 amide bonds. The van der Waals surface area contributed by atoms with Crippen molar-refractivity contribution in [2.24, 2.45) is 0 Å². The second-order valence-electron chi connectivity index (χ2n) is 4.96. The molecule has 2 rings (SSSR count). The van der Waals surface area contributed by atoms with E-state index >= 15 is 0 Å². The van der Waals surface area contributed by atoms with Gasteiger partial charge in [-0.3, -0.25) is 4.90 Å². The van der Waals surface area contributed by atoms with Crippen LogP contribution in [0, 0.1) is 0 Å². The summed E-state index contributed by atoms with van der Waals surface area (Å²) < 4.78 is 5.65. The molecule has 1 aromatic rings. The summed E-state index contributed by atoms with van der Waals surface area (Å²) in [4.78, 5) is 13.1. The number of nitrogens with zero attached hydrogens (tertiary/aromatic N) is 1. The molecule has 1 aromatic carbocycles. The van der Waals surface area contributed by atoms with Crippen molar-refractivity contribution in [3.63, 3.8) is 0 Å². The highest BCUT2D eigenvalue weighted by molar-refractivity contribution is 5.87. The molecule has 1 heterocycles. The predicted molar refractivity (Wildman–Crippen MR) is 73.3 cm³/mol. The quantitative estimate of drug-likeness (QED) is 0.856. The van der Waals surface area contributed by atoms with E-state index in [1.54, 1.807) is 12.1 Å². The third-order valence-corrected chi connectivity index (χ3v) is 3.54. The van der Waals surface area contributed by atoms with Crippen LogP contribution in [0.5, 0.6) is 0 Å². The summed E-state index contributed by atoms with van der Waals surface area (Å²) in [5.41, 5.74) is 1.48. The van der Waals surface area contributed by atoms with Crippen molar-refractivity contribution < 1.29 is 14.6 Å². The van der Waals surface area contributed by atoms with E-state index in [9.17, 15) is 4.79 Å². The van der Waals surface area contributed by atoms with Crippen LogP contribution >= 0.6 is 0 Å². The van der Waals surface area contributed by atoms with E-state index in [1.165, 1.54) is 0 Å². The first-order valence-corrected chi connectivity index (χ1v) is 6.85. The molecule has 1 aliphatic heterocycles. The molecule has 4 nitrogen and oxygen atoms in total. The minimum Gasteiger partial charge on any atom is -0.478 e. The lowest BCUT2D eigenvalue weighted by Crippen LogP contribution is -2.31. The molecule has 19 heavy (non-hydrogen) atoms. The Morgan fingerprint density at radius 2 is 2.16 bits per heavy atom. The van der Waals surface area contributed by atoms with Crippen molar-refractivity contribution in [3.05, 3.63) is 35.4 Å². The van der Waals surface area contributed by atoms with Crippen LogP contribution in [0.15, 0.2) is 24.3 Å². The van der Waals surface area contributed by atoms with E-state index in [4.69, 9.17) is 9.84 Å². The van der Waals surface area contributed by atoms with E-state index in [1.807, 2.05) is 12.1 Å². The Balaban J connectivity index is 1.91. The van der Waals surface area contributed by atoms with Gasteiger partial charge in [-0.2, -0.15) is 0 Å². The standard InChI is InChI=1S/C15H21NO3/c1-2-16(11-14-4-3-9-19-14)10-12-5-7-13(8-6-12)15(17)18/h5-8,14H,2-4,9-11H2,1H3,(H,17,18). The first-order valence-electron chi connectivity index (χ1n) is 6.85. The summed E-state index contributed by atoms with van der Waals surface area (Å²) in [5.74, 6) is -0.877. The van der Waals surface area contributed by atoms with E-state index in [2.05, 4.69) is 11.8 Å². The zero-order valence-electron chi connectivity index (χ0n) is 11.3. The van der Waals surface area contributed by atoms with Gasteiger partial charge in [0.1, 0.15) is 0 Å². The van der Waals surface area contributed by atoms with Crippen LogP contribution in [0.2, 0.25) is 0 Å². The maximum atomic E-state index is 10.8. The molecule has 0 aliphatic carbocycles. The summed E-state index contributed by atoms with van der Waals surface area (Å²) in [6, 6.07) is 7.11. The van der Waals surface area contributed by atoms with Crippen molar-refractivity contribution in [1.29, 1.82) is 0 Å². The smallest absolute Gasteiger partial charge is 0.335 e.